The van der Waals surface area contributed by atoms with E-state index in [9.17, 15) is 9.18 Å². The molecular formula is C16H13FN6O2. The number of anilines is 2. The smallest absolute Gasteiger partial charge is 0.335 e. The van der Waals surface area contributed by atoms with Gasteiger partial charge in [-0.1, -0.05) is 12.1 Å². The maximum Gasteiger partial charge on any atom is 0.335 e. The molecule has 0 bridgehead atoms. The van der Waals surface area contributed by atoms with Crippen molar-refractivity contribution >= 4 is 34.7 Å². The summed E-state index contributed by atoms with van der Waals surface area (Å²) in [5.41, 5.74) is 9.06. The molecular weight excluding hydrogens is 327 g/mol. The third-order valence-corrected chi connectivity index (χ3v) is 3.41. The fourth-order valence-electron chi connectivity index (χ4n) is 2.14. The van der Waals surface area contributed by atoms with Crippen molar-refractivity contribution in [3.8, 4) is 0 Å². The molecule has 9 heteroatoms. The van der Waals surface area contributed by atoms with Crippen molar-refractivity contribution in [1.82, 2.24) is 0 Å². The number of para-hydroxylation sites is 1. The molecule has 0 aliphatic carbocycles. The molecule has 0 saturated carbocycles. The molecule has 126 valence electrons. The molecule has 1 aliphatic heterocycles. The van der Waals surface area contributed by atoms with Crippen molar-refractivity contribution in [3.63, 3.8) is 0 Å². The van der Waals surface area contributed by atoms with Gasteiger partial charge >= 0.3 is 5.97 Å². The minimum absolute atomic E-state index is 0.0175. The first-order valence-electron chi connectivity index (χ1n) is 7.12. The Morgan fingerprint density at radius 1 is 1.24 bits per heavy atom. The normalized spacial score (nSPS) is 15.4. The molecule has 0 radical (unpaired) electrons. The fourth-order valence-corrected chi connectivity index (χ4v) is 2.14. The van der Waals surface area contributed by atoms with Crippen molar-refractivity contribution in [1.29, 1.82) is 5.41 Å². The summed E-state index contributed by atoms with van der Waals surface area (Å²) in [5.74, 6) is -1.68. The molecule has 25 heavy (non-hydrogen) atoms. The zero-order valence-electron chi connectivity index (χ0n) is 12.8. The second-order valence-electron chi connectivity index (χ2n) is 5.05. The first kappa shape index (κ1) is 16.1. The van der Waals surface area contributed by atoms with E-state index in [1.165, 1.54) is 41.4 Å². The number of hydrazone groups is 2. The van der Waals surface area contributed by atoms with Gasteiger partial charge in [0.15, 0.2) is 17.4 Å². The van der Waals surface area contributed by atoms with Crippen molar-refractivity contribution < 1.29 is 14.3 Å². The van der Waals surface area contributed by atoms with E-state index in [4.69, 9.17) is 16.2 Å². The van der Waals surface area contributed by atoms with E-state index < -0.39 is 11.8 Å². The number of benzene rings is 2. The molecule has 0 atom stereocenters. The molecule has 5 N–H and O–H groups in total. The third kappa shape index (κ3) is 3.15. The summed E-state index contributed by atoms with van der Waals surface area (Å²) < 4.78 is 13.6. The van der Waals surface area contributed by atoms with Crippen molar-refractivity contribution in [2.75, 3.05) is 10.4 Å². The molecule has 0 unspecified atom stereocenters. The number of nitrogens with zero attached hydrogens (tertiary/aromatic N) is 3. The van der Waals surface area contributed by atoms with Crippen LogP contribution in [0.3, 0.4) is 0 Å². The lowest BCUT2D eigenvalue weighted by Crippen LogP contribution is -2.30. The van der Waals surface area contributed by atoms with Crippen LogP contribution in [0.15, 0.2) is 58.7 Å². The van der Waals surface area contributed by atoms with Crippen LogP contribution in [0, 0.1) is 11.2 Å². The van der Waals surface area contributed by atoms with Crippen molar-refractivity contribution in [2.45, 2.75) is 0 Å². The maximum atomic E-state index is 13.6. The summed E-state index contributed by atoms with van der Waals surface area (Å²) in [4.78, 5) is 10.9. The van der Waals surface area contributed by atoms with E-state index in [0.29, 0.717) is 5.69 Å². The Bertz CT molecular complexity index is 907. The first-order chi connectivity index (χ1) is 12.0. The average molecular weight is 340 g/mol. The van der Waals surface area contributed by atoms with Crippen molar-refractivity contribution in [2.24, 2.45) is 15.9 Å². The largest absolute Gasteiger partial charge is 0.478 e. The van der Waals surface area contributed by atoms with E-state index in [2.05, 4.69) is 15.6 Å². The van der Waals surface area contributed by atoms with Gasteiger partial charge in [0, 0.05) is 0 Å². The van der Waals surface area contributed by atoms with Crippen LogP contribution in [0.4, 0.5) is 15.8 Å². The van der Waals surface area contributed by atoms with Gasteiger partial charge in [-0.25, -0.2) is 14.2 Å². The number of hydrogen-bond donors (Lipinski definition) is 4. The summed E-state index contributed by atoms with van der Waals surface area (Å²) >= 11 is 0. The number of carboxylic acid groups (broad SMARTS) is 1. The van der Waals surface area contributed by atoms with E-state index in [-0.39, 0.29) is 28.6 Å². The van der Waals surface area contributed by atoms with Gasteiger partial charge in [0.1, 0.15) is 5.82 Å². The van der Waals surface area contributed by atoms with Gasteiger partial charge < -0.3 is 10.8 Å². The highest BCUT2D eigenvalue weighted by Gasteiger charge is 2.28. The molecule has 2 aromatic rings. The standard InChI is InChI=1S/C16H13FN6O2/c17-11-3-1-2-4-12(11)20-21-13-14(18)22-23(15(13)19)10-7-5-9(6-8-10)16(24)25/h1-8,19-20H,(H2,18,22)(H,24,25)/b19-15?,21-13-. The van der Waals surface area contributed by atoms with Crippen LogP contribution in [0.2, 0.25) is 0 Å². The number of aromatic carboxylic acids is 1. The van der Waals surface area contributed by atoms with Crippen LogP contribution >= 0.6 is 0 Å². The predicted octanol–water partition coefficient (Wildman–Crippen LogP) is 2.06. The molecule has 0 aromatic heterocycles. The highest BCUT2D eigenvalue weighted by molar-refractivity contribution is 6.71. The Labute approximate surface area is 141 Å². The maximum absolute atomic E-state index is 13.6. The number of amidine groups is 2. The van der Waals surface area contributed by atoms with Crippen LogP contribution in [0.1, 0.15) is 10.4 Å². The number of nitrogens with two attached hydrogens (primary N) is 1. The minimum atomic E-state index is -1.05. The lowest BCUT2D eigenvalue weighted by atomic mass is 10.2. The lowest BCUT2D eigenvalue weighted by molar-refractivity contribution is 0.0697. The van der Waals surface area contributed by atoms with Crippen LogP contribution in [0.25, 0.3) is 0 Å². The van der Waals surface area contributed by atoms with Crippen molar-refractivity contribution in [3.05, 3.63) is 59.9 Å². The number of hydrogen-bond acceptors (Lipinski definition) is 6. The molecule has 0 spiro atoms. The molecule has 8 nitrogen and oxygen atoms in total. The summed E-state index contributed by atoms with van der Waals surface area (Å²) in [6, 6.07) is 11.7. The van der Waals surface area contributed by atoms with Crippen LogP contribution < -0.4 is 16.2 Å². The van der Waals surface area contributed by atoms with Gasteiger partial charge in [-0.3, -0.25) is 10.8 Å². The summed E-state index contributed by atoms with van der Waals surface area (Å²) in [6.07, 6.45) is 0. The number of halogens is 1. The van der Waals surface area contributed by atoms with Crippen LogP contribution in [-0.4, -0.2) is 28.5 Å². The van der Waals surface area contributed by atoms with Gasteiger partial charge in [0.25, 0.3) is 0 Å². The minimum Gasteiger partial charge on any atom is -0.478 e. The SMILES string of the molecule is N=C1/C(=N\Nc2ccccc2F)C(N)=NN1c1ccc(C(=O)O)cc1. The second-order valence-corrected chi connectivity index (χ2v) is 5.05. The van der Waals surface area contributed by atoms with Gasteiger partial charge in [0.2, 0.25) is 0 Å². The predicted molar refractivity (Wildman–Crippen MR) is 92.7 cm³/mol. The fraction of sp³-hybridized carbons (Fsp3) is 0. The van der Waals surface area contributed by atoms with Gasteiger partial charge in [-0.05, 0) is 36.4 Å². The van der Waals surface area contributed by atoms with E-state index in [1.807, 2.05) is 0 Å². The van der Waals surface area contributed by atoms with E-state index >= 15 is 0 Å². The Hall–Kier alpha value is -3.75. The molecule has 0 amide bonds. The molecule has 3 rings (SSSR count). The third-order valence-electron chi connectivity index (χ3n) is 3.41. The molecule has 0 saturated heterocycles. The van der Waals surface area contributed by atoms with E-state index in [0.717, 1.165) is 0 Å². The summed E-state index contributed by atoms with van der Waals surface area (Å²) in [6.45, 7) is 0. The van der Waals surface area contributed by atoms with Gasteiger partial charge in [0.05, 0.1) is 16.9 Å². The molecule has 0 fully saturated rings. The Balaban J connectivity index is 1.82. The monoisotopic (exact) mass is 340 g/mol. The summed E-state index contributed by atoms with van der Waals surface area (Å²) in [7, 11) is 0. The van der Waals surface area contributed by atoms with Gasteiger partial charge in [-0.15, -0.1) is 5.10 Å². The molecule has 1 heterocycles. The van der Waals surface area contributed by atoms with Crippen LogP contribution in [0.5, 0.6) is 0 Å². The zero-order chi connectivity index (χ0) is 18.0. The van der Waals surface area contributed by atoms with Gasteiger partial charge in [-0.2, -0.15) is 5.10 Å². The number of rotatable bonds is 4. The number of carbonyl (C=O) groups is 1. The quantitative estimate of drug-likeness (QED) is 0.634. The van der Waals surface area contributed by atoms with E-state index in [1.54, 1.807) is 12.1 Å². The van der Waals surface area contributed by atoms with Crippen LogP contribution in [-0.2, 0) is 0 Å². The Morgan fingerprint density at radius 3 is 2.56 bits per heavy atom. The number of nitrogens with one attached hydrogen (secondary N) is 2. The topological polar surface area (TPSA) is 127 Å². The first-order valence-corrected chi connectivity index (χ1v) is 7.12. The second kappa shape index (κ2) is 6.40. The molecule has 1 aliphatic rings. The summed E-state index contributed by atoms with van der Waals surface area (Å²) in [5, 5.41) is 26.2. The highest BCUT2D eigenvalue weighted by Crippen LogP contribution is 2.20. The average Bonchev–Trinajstić information content (AvgIpc) is 2.89. The highest BCUT2D eigenvalue weighted by atomic mass is 19.1. The Kier molecular flexibility index (Phi) is 4.12. The number of carboxylic acids is 1. The lowest BCUT2D eigenvalue weighted by Gasteiger charge is -2.13. The Morgan fingerprint density at radius 2 is 1.92 bits per heavy atom. The zero-order valence-corrected chi connectivity index (χ0v) is 12.8. The molecule has 2 aromatic carbocycles.